The highest BCUT2D eigenvalue weighted by Gasteiger charge is 2.21. The van der Waals surface area contributed by atoms with Crippen molar-refractivity contribution in [2.24, 2.45) is 5.73 Å². The maximum absolute atomic E-state index is 11.1. The minimum absolute atomic E-state index is 0.339. The van der Waals surface area contributed by atoms with Crippen LogP contribution in [0.2, 0.25) is 0 Å². The monoisotopic (exact) mass is 288 g/mol. The number of carbonyl (C=O) groups excluding carboxylic acids is 1. The molecule has 0 spiro atoms. The number of amides is 2. The van der Waals surface area contributed by atoms with Crippen molar-refractivity contribution in [2.75, 3.05) is 31.1 Å². The summed E-state index contributed by atoms with van der Waals surface area (Å²) in [4.78, 5) is 19.7. The molecule has 0 radical (unpaired) electrons. The van der Waals surface area contributed by atoms with Gasteiger partial charge in [0, 0.05) is 37.1 Å². The van der Waals surface area contributed by atoms with Crippen molar-refractivity contribution in [1.29, 1.82) is 0 Å². The SMILES string of the molecule is NC(=O)N1CCN(c2nc(-c3ccccc3)cs2)CC1. The van der Waals surface area contributed by atoms with Crippen LogP contribution in [0.15, 0.2) is 35.7 Å². The van der Waals surface area contributed by atoms with E-state index in [2.05, 4.69) is 27.4 Å². The van der Waals surface area contributed by atoms with E-state index in [-0.39, 0.29) is 6.03 Å². The Hall–Kier alpha value is -2.08. The summed E-state index contributed by atoms with van der Waals surface area (Å²) >= 11 is 1.64. The lowest BCUT2D eigenvalue weighted by molar-refractivity contribution is 0.204. The minimum atomic E-state index is -0.339. The van der Waals surface area contributed by atoms with Crippen LogP contribution in [0.4, 0.5) is 9.93 Å². The number of aromatic nitrogens is 1. The Balaban J connectivity index is 1.71. The van der Waals surface area contributed by atoms with Crippen LogP contribution in [0.3, 0.4) is 0 Å². The topological polar surface area (TPSA) is 62.5 Å². The van der Waals surface area contributed by atoms with Crippen LogP contribution in [0.25, 0.3) is 11.3 Å². The quantitative estimate of drug-likeness (QED) is 0.919. The molecule has 6 heteroatoms. The molecule has 104 valence electrons. The van der Waals surface area contributed by atoms with E-state index in [4.69, 9.17) is 5.73 Å². The molecule has 1 aromatic heterocycles. The number of hydrogen-bond donors (Lipinski definition) is 1. The predicted octanol–water partition coefficient (Wildman–Crippen LogP) is 2.01. The summed E-state index contributed by atoms with van der Waals surface area (Å²) in [7, 11) is 0. The second kappa shape index (κ2) is 5.50. The lowest BCUT2D eigenvalue weighted by atomic mass is 10.2. The largest absolute Gasteiger partial charge is 0.351 e. The highest BCUT2D eigenvalue weighted by atomic mass is 32.1. The Bertz CT molecular complexity index is 590. The van der Waals surface area contributed by atoms with Crippen molar-refractivity contribution >= 4 is 22.5 Å². The number of rotatable bonds is 2. The highest BCUT2D eigenvalue weighted by molar-refractivity contribution is 7.14. The van der Waals surface area contributed by atoms with E-state index in [1.807, 2.05) is 18.2 Å². The first-order valence-electron chi connectivity index (χ1n) is 6.54. The number of carbonyl (C=O) groups is 1. The van der Waals surface area contributed by atoms with Gasteiger partial charge in [-0.25, -0.2) is 9.78 Å². The van der Waals surface area contributed by atoms with Crippen LogP contribution < -0.4 is 10.6 Å². The summed E-state index contributed by atoms with van der Waals surface area (Å²) in [6.07, 6.45) is 0. The van der Waals surface area contributed by atoms with Gasteiger partial charge in [0.15, 0.2) is 5.13 Å². The number of primary amides is 1. The van der Waals surface area contributed by atoms with Gasteiger partial charge in [-0.1, -0.05) is 30.3 Å². The van der Waals surface area contributed by atoms with Crippen LogP contribution >= 0.6 is 11.3 Å². The first-order valence-corrected chi connectivity index (χ1v) is 7.42. The van der Waals surface area contributed by atoms with Crippen LogP contribution in [-0.4, -0.2) is 42.1 Å². The average Bonchev–Trinajstić information content (AvgIpc) is 2.98. The van der Waals surface area contributed by atoms with Crippen molar-refractivity contribution in [2.45, 2.75) is 0 Å². The minimum Gasteiger partial charge on any atom is -0.351 e. The molecule has 1 saturated heterocycles. The number of thiazole rings is 1. The standard InChI is InChI=1S/C14H16N4OS/c15-13(19)17-6-8-18(9-7-17)14-16-12(10-20-14)11-4-2-1-3-5-11/h1-5,10H,6-9H2,(H2,15,19). The molecule has 1 aliphatic rings. The number of urea groups is 1. The van der Waals surface area contributed by atoms with E-state index >= 15 is 0 Å². The summed E-state index contributed by atoms with van der Waals surface area (Å²) in [5, 5.41) is 3.08. The van der Waals surface area contributed by atoms with Crippen molar-refractivity contribution < 1.29 is 4.79 Å². The lowest BCUT2D eigenvalue weighted by Gasteiger charge is -2.33. The summed E-state index contributed by atoms with van der Waals surface area (Å²) < 4.78 is 0. The van der Waals surface area contributed by atoms with Crippen molar-refractivity contribution in [3.05, 3.63) is 35.7 Å². The van der Waals surface area contributed by atoms with Gasteiger partial charge in [-0.15, -0.1) is 11.3 Å². The third-order valence-corrected chi connectivity index (χ3v) is 4.32. The van der Waals surface area contributed by atoms with Gasteiger partial charge < -0.3 is 15.5 Å². The fraction of sp³-hybridized carbons (Fsp3) is 0.286. The van der Waals surface area contributed by atoms with E-state index in [0.717, 1.165) is 29.5 Å². The molecule has 2 N–H and O–H groups in total. The molecule has 0 aliphatic carbocycles. The second-order valence-electron chi connectivity index (χ2n) is 4.69. The van der Waals surface area contributed by atoms with E-state index in [9.17, 15) is 4.79 Å². The fourth-order valence-corrected chi connectivity index (χ4v) is 3.16. The van der Waals surface area contributed by atoms with Gasteiger partial charge >= 0.3 is 6.03 Å². The van der Waals surface area contributed by atoms with E-state index in [0.29, 0.717) is 13.1 Å². The number of piperazine rings is 1. The normalized spacial score (nSPS) is 15.4. The predicted molar refractivity (Wildman–Crippen MR) is 80.9 cm³/mol. The van der Waals surface area contributed by atoms with Gasteiger partial charge in [0.25, 0.3) is 0 Å². The number of nitrogens with zero attached hydrogens (tertiary/aromatic N) is 3. The molecule has 20 heavy (non-hydrogen) atoms. The molecule has 3 rings (SSSR count). The van der Waals surface area contributed by atoms with Gasteiger partial charge in [-0.05, 0) is 0 Å². The zero-order valence-corrected chi connectivity index (χ0v) is 11.8. The lowest BCUT2D eigenvalue weighted by Crippen LogP contribution is -2.50. The zero-order valence-electron chi connectivity index (χ0n) is 11.0. The van der Waals surface area contributed by atoms with Crippen molar-refractivity contribution in [3.63, 3.8) is 0 Å². The molecule has 2 amide bonds. The molecule has 0 unspecified atom stereocenters. The summed E-state index contributed by atoms with van der Waals surface area (Å²) in [6.45, 7) is 2.89. The number of nitrogens with two attached hydrogens (primary N) is 1. The van der Waals surface area contributed by atoms with Gasteiger partial charge in [-0.3, -0.25) is 0 Å². The van der Waals surface area contributed by atoms with Gasteiger partial charge in [0.2, 0.25) is 0 Å². The fourth-order valence-electron chi connectivity index (χ4n) is 2.27. The summed E-state index contributed by atoms with van der Waals surface area (Å²) in [6, 6.07) is 9.81. The Kier molecular flexibility index (Phi) is 3.56. The molecular weight excluding hydrogens is 272 g/mol. The molecule has 0 bridgehead atoms. The molecule has 5 nitrogen and oxygen atoms in total. The Morgan fingerprint density at radius 1 is 1.15 bits per heavy atom. The number of benzene rings is 1. The molecule has 2 heterocycles. The maximum atomic E-state index is 11.1. The molecule has 1 aliphatic heterocycles. The Morgan fingerprint density at radius 2 is 1.85 bits per heavy atom. The van der Waals surface area contributed by atoms with E-state index < -0.39 is 0 Å². The van der Waals surface area contributed by atoms with Crippen LogP contribution in [0, 0.1) is 0 Å². The van der Waals surface area contributed by atoms with Gasteiger partial charge in [-0.2, -0.15) is 0 Å². The smallest absolute Gasteiger partial charge is 0.314 e. The third-order valence-electron chi connectivity index (χ3n) is 3.42. The Labute approximate surface area is 121 Å². The van der Waals surface area contributed by atoms with Crippen LogP contribution in [0.5, 0.6) is 0 Å². The first kappa shape index (κ1) is 12.9. The van der Waals surface area contributed by atoms with Crippen LogP contribution in [-0.2, 0) is 0 Å². The number of anilines is 1. The molecular formula is C14H16N4OS. The van der Waals surface area contributed by atoms with Crippen LogP contribution in [0.1, 0.15) is 0 Å². The maximum Gasteiger partial charge on any atom is 0.314 e. The Morgan fingerprint density at radius 3 is 2.50 bits per heavy atom. The average molecular weight is 288 g/mol. The van der Waals surface area contributed by atoms with Crippen molar-refractivity contribution in [3.8, 4) is 11.3 Å². The second-order valence-corrected chi connectivity index (χ2v) is 5.53. The molecule has 2 aromatic rings. The number of hydrogen-bond acceptors (Lipinski definition) is 4. The molecule has 1 aromatic carbocycles. The van der Waals surface area contributed by atoms with Crippen molar-refractivity contribution in [1.82, 2.24) is 9.88 Å². The summed E-state index contributed by atoms with van der Waals surface area (Å²) in [5.74, 6) is 0. The summed E-state index contributed by atoms with van der Waals surface area (Å²) in [5.41, 5.74) is 7.42. The van der Waals surface area contributed by atoms with Gasteiger partial charge in [0.05, 0.1) is 5.69 Å². The third kappa shape index (κ3) is 2.60. The zero-order chi connectivity index (χ0) is 13.9. The molecule has 0 atom stereocenters. The van der Waals surface area contributed by atoms with E-state index in [1.54, 1.807) is 16.2 Å². The highest BCUT2D eigenvalue weighted by Crippen LogP contribution is 2.27. The molecule has 1 fully saturated rings. The van der Waals surface area contributed by atoms with E-state index in [1.165, 1.54) is 0 Å². The van der Waals surface area contributed by atoms with Gasteiger partial charge in [0.1, 0.15) is 0 Å². The molecule has 0 saturated carbocycles. The first-order chi connectivity index (χ1) is 9.74.